The minimum absolute atomic E-state index is 0.347. The first kappa shape index (κ1) is 20.1. The lowest BCUT2D eigenvalue weighted by Gasteiger charge is -2.24. The Morgan fingerprint density at radius 3 is 2.57 bits per heavy atom. The summed E-state index contributed by atoms with van der Waals surface area (Å²) in [5.74, 6) is -0.708. The predicted octanol–water partition coefficient (Wildman–Crippen LogP) is 4.10. The zero-order chi connectivity index (χ0) is 21.1. The number of rotatable bonds is 5. The molecule has 1 saturated heterocycles. The second kappa shape index (κ2) is 8.67. The molecule has 2 aromatic rings. The summed E-state index contributed by atoms with van der Waals surface area (Å²) in [6.45, 7) is 5.41. The van der Waals surface area contributed by atoms with Crippen molar-refractivity contribution in [2.24, 2.45) is 0 Å². The van der Waals surface area contributed by atoms with E-state index in [4.69, 9.17) is 4.74 Å². The molecule has 2 aromatic carbocycles. The molecule has 2 heterocycles. The van der Waals surface area contributed by atoms with Gasteiger partial charge in [0, 0.05) is 24.9 Å². The van der Waals surface area contributed by atoms with Crippen LogP contribution in [0.1, 0.15) is 36.5 Å². The topological polar surface area (TPSA) is 67.4 Å². The third-order valence-corrected chi connectivity index (χ3v) is 5.67. The molecule has 2 aliphatic heterocycles. The second-order valence-corrected chi connectivity index (χ2v) is 7.66. The largest absolute Gasteiger partial charge is 0.382 e. The van der Waals surface area contributed by atoms with Gasteiger partial charge in [0.25, 0.3) is 11.8 Å². The van der Waals surface area contributed by atoms with Crippen molar-refractivity contribution in [1.29, 1.82) is 0 Å². The Morgan fingerprint density at radius 1 is 1.07 bits per heavy atom. The molecular formula is C25H26N2O3. The monoisotopic (exact) mass is 402 g/mol. The SMILES string of the molecule is C/C=C(/C1=C(c2cccc(NC3CCOCC3)c2)C(=O)NC1=O)c1ccccc1C. The van der Waals surface area contributed by atoms with E-state index in [0.717, 1.165) is 54.0 Å². The summed E-state index contributed by atoms with van der Waals surface area (Å²) in [6, 6.07) is 16.0. The normalized spacial score (nSPS) is 18.0. The second-order valence-electron chi connectivity index (χ2n) is 7.66. The third kappa shape index (κ3) is 3.94. The van der Waals surface area contributed by atoms with Crippen molar-refractivity contribution in [3.63, 3.8) is 0 Å². The summed E-state index contributed by atoms with van der Waals surface area (Å²) in [5.41, 5.74) is 5.31. The summed E-state index contributed by atoms with van der Waals surface area (Å²) in [4.78, 5) is 25.6. The van der Waals surface area contributed by atoms with E-state index in [1.165, 1.54) is 0 Å². The number of imide groups is 1. The smallest absolute Gasteiger partial charge is 0.259 e. The highest BCUT2D eigenvalue weighted by atomic mass is 16.5. The molecule has 0 saturated carbocycles. The van der Waals surface area contributed by atoms with E-state index < -0.39 is 0 Å². The summed E-state index contributed by atoms with van der Waals surface area (Å²) in [7, 11) is 0. The van der Waals surface area contributed by atoms with Crippen molar-refractivity contribution in [3.8, 4) is 0 Å². The fourth-order valence-electron chi connectivity index (χ4n) is 4.14. The van der Waals surface area contributed by atoms with E-state index in [0.29, 0.717) is 17.2 Å². The van der Waals surface area contributed by atoms with E-state index >= 15 is 0 Å². The number of hydrogen-bond donors (Lipinski definition) is 2. The molecule has 30 heavy (non-hydrogen) atoms. The first-order valence-corrected chi connectivity index (χ1v) is 10.4. The fraction of sp³-hybridized carbons (Fsp3) is 0.280. The molecule has 1 fully saturated rings. The lowest BCUT2D eigenvalue weighted by Crippen LogP contribution is -2.27. The molecule has 154 valence electrons. The van der Waals surface area contributed by atoms with Crippen molar-refractivity contribution in [2.45, 2.75) is 32.7 Å². The molecule has 0 unspecified atom stereocenters. The van der Waals surface area contributed by atoms with Gasteiger partial charge in [-0.2, -0.15) is 0 Å². The van der Waals surface area contributed by atoms with Gasteiger partial charge < -0.3 is 10.1 Å². The van der Waals surface area contributed by atoms with Gasteiger partial charge in [-0.05, 0) is 61.1 Å². The maximum Gasteiger partial charge on any atom is 0.259 e. The number of anilines is 1. The van der Waals surface area contributed by atoms with Gasteiger partial charge >= 0.3 is 0 Å². The van der Waals surface area contributed by atoms with Crippen LogP contribution in [0, 0.1) is 6.92 Å². The zero-order valence-corrected chi connectivity index (χ0v) is 17.3. The Morgan fingerprint density at radius 2 is 1.83 bits per heavy atom. The molecule has 0 aliphatic carbocycles. The van der Waals surface area contributed by atoms with Crippen LogP contribution in [0.2, 0.25) is 0 Å². The average Bonchev–Trinajstić information content (AvgIpc) is 3.04. The standard InChI is InChI=1S/C25H26N2O3/c1-3-20(21-10-5-4-7-16(21)2)23-22(24(28)27-25(23)29)17-8-6-9-19(15-17)26-18-11-13-30-14-12-18/h3-10,15,18,26H,11-14H2,1-2H3,(H,27,28,29)/b20-3+. The molecule has 2 N–H and O–H groups in total. The molecule has 5 heteroatoms. The van der Waals surface area contributed by atoms with Crippen LogP contribution in [0.4, 0.5) is 5.69 Å². The quantitative estimate of drug-likeness (QED) is 0.739. The van der Waals surface area contributed by atoms with Crippen LogP contribution >= 0.6 is 0 Å². The highest BCUT2D eigenvalue weighted by Gasteiger charge is 2.34. The van der Waals surface area contributed by atoms with Gasteiger partial charge in [-0.3, -0.25) is 14.9 Å². The number of allylic oxidation sites excluding steroid dienone is 1. The van der Waals surface area contributed by atoms with Gasteiger partial charge in [-0.15, -0.1) is 0 Å². The van der Waals surface area contributed by atoms with Crippen molar-refractivity contribution in [3.05, 3.63) is 76.9 Å². The maximum atomic E-state index is 12.8. The Hall–Kier alpha value is -3.18. The first-order chi connectivity index (χ1) is 14.6. The number of carbonyl (C=O) groups is 2. The lowest BCUT2D eigenvalue weighted by atomic mass is 9.89. The van der Waals surface area contributed by atoms with Gasteiger partial charge in [-0.25, -0.2) is 0 Å². The van der Waals surface area contributed by atoms with Crippen molar-refractivity contribution < 1.29 is 14.3 Å². The van der Waals surface area contributed by atoms with E-state index in [-0.39, 0.29) is 11.8 Å². The van der Waals surface area contributed by atoms with Crippen molar-refractivity contribution in [2.75, 3.05) is 18.5 Å². The fourth-order valence-corrected chi connectivity index (χ4v) is 4.14. The molecule has 2 amide bonds. The number of carbonyl (C=O) groups excluding carboxylic acids is 2. The Kier molecular flexibility index (Phi) is 5.81. The van der Waals surface area contributed by atoms with Crippen molar-refractivity contribution >= 4 is 28.6 Å². The highest BCUT2D eigenvalue weighted by molar-refractivity contribution is 6.40. The number of hydrogen-bond acceptors (Lipinski definition) is 4. The van der Waals surface area contributed by atoms with Crippen molar-refractivity contribution in [1.82, 2.24) is 5.32 Å². The van der Waals surface area contributed by atoms with Gasteiger partial charge in [0.1, 0.15) is 0 Å². The molecule has 0 radical (unpaired) electrons. The molecule has 4 rings (SSSR count). The molecule has 5 nitrogen and oxygen atoms in total. The summed E-state index contributed by atoms with van der Waals surface area (Å²) >= 11 is 0. The Bertz CT molecular complexity index is 1050. The third-order valence-electron chi connectivity index (χ3n) is 5.67. The molecule has 0 aromatic heterocycles. The minimum Gasteiger partial charge on any atom is -0.382 e. The maximum absolute atomic E-state index is 12.8. The van der Waals surface area contributed by atoms with E-state index in [1.54, 1.807) is 0 Å². The Balaban J connectivity index is 1.76. The average molecular weight is 402 g/mol. The molecular weight excluding hydrogens is 376 g/mol. The zero-order valence-electron chi connectivity index (χ0n) is 17.3. The summed E-state index contributed by atoms with van der Waals surface area (Å²) in [5, 5.41) is 6.03. The van der Waals surface area contributed by atoms with Gasteiger partial charge in [0.05, 0.1) is 11.1 Å². The van der Waals surface area contributed by atoms with Crippen LogP contribution in [-0.2, 0) is 14.3 Å². The number of amides is 2. The molecule has 0 bridgehead atoms. The number of ether oxygens (including phenoxy) is 1. The van der Waals surface area contributed by atoms with Crippen LogP contribution in [0.3, 0.4) is 0 Å². The predicted molar refractivity (Wildman–Crippen MR) is 119 cm³/mol. The van der Waals surface area contributed by atoms with Gasteiger partial charge in [0.2, 0.25) is 0 Å². The van der Waals surface area contributed by atoms with Gasteiger partial charge in [-0.1, -0.05) is 42.5 Å². The van der Waals surface area contributed by atoms with Crippen LogP contribution in [-0.4, -0.2) is 31.1 Å². The number of benzene rings is 2. The molecule has 0 spiro atoms. The number of aryl methyl sites for hydroxylation is 1. The van der Waals surface area contributed by atoms with Crippen LogP contribution in [0.15, 0.2) is 60.2 Å². The summed E-state index contributed by atoms with van der Waals surface area (Å²) in [6.07, 6.45) is 3.81. The van der Waals surface area contributed by atoms with Gasteiger partial charge in [0.15, 0.2) is 0 Å². The lowest BCUT2D eigenvalue weighted by molar-refractivity contribution is -0.123. The van der Waals surface area contributed by atoms with E-state index in [9.17, 15) is 9.59 Å². The van der Waals surface area contributed by atoms with Crippen LogP contribution < -0.4 is 10.6 Å². The Labute approximate surface area is 176 Å². The van der Waals surface area contributed by atoms with E-state index in [2.05, 4.69) is 10.6 Å². The van der Waals surface area contributed by atoms with Crippen LogP contribution in [0.5, 0.6) is 0 Å². The minimum atomic E-state index is -0.355. The highest BCUT2D eigenvalue weighted by Crippen LogP contribution is 2.36. The van der Waals surface area contributed by atoms with E-state index in [1.807, 2.05) is 68.5 Å². The molecule has 0 atom stereocenters. The van der Waals surface area contributed by atoms with Crippen LogP contribution in [0.25, 0.3) is 11.1 Å². The number of nitrogens with one attached hydrogen (secondary N) is 2. The summed E-state index contributed by atoms with van der Waals surface area (Å²) < 4.78 is 5.43. The first-order valence-electron chi connectivity index (χ1n) is 10.4. The molecule has 2 aliphatic rings.